The summed E-state index contributed by atoms with van der Waals surface area (Å²) in [4.78, 5) is 14.4. The van der Waals surface area contributed by atoms with Crippen molar-refractivity contribution < 1.29 is 4.79 Å². The van der Waals surface area contributed by atoms with Crippen LogP contribution in [0.3, 0.4) is 0 Å². The molecule has 1 N–H and O–H groups in total. The van der Waals surface area contributed by atoms with Gasteiger partial charge in [-0.2, -0.15) is 0 Å². The molecule has 1 rings (SSSR count). The van der Waals surface area contributed by atoms with Gasteiger partial charge in [0.1, 0.15) is 5.78 Å². The summed E-state index contributed by atoms with van der Waals surface area (Å²) >= 11 is 0. The van der Waals surface area contributed by atoms with Crippen LogP contribution in [-0.2, 0) is 4.79 Å². The zero-order valence-electron chi connectivity index (χ0n) is 6.37. The van der Waals surface area contributed by atoms with Crippen molar-refractivity contribution in [3.05, 3.63) is 24.5 Å². The first-order chi connectivity index (χ1) is 5.29. The topological polar surface area (TPSA) is 42.0 Å². The number of pyridine rings is 1. The smallest absolute Gasteiger partial charge is 0.148 e. The van der Waals surface area contributed by atoms with Gasteiger partial charge in [0, 0.05) is 12.4 Å². The molecule has 0 aliphatic rings. The van der Waals surface area contributed by atoms with Crippen LogP contribution in [0.25, 0.3) is 0 Å². The SMILES string of the molecule is CC(=O)CNc1cccnc1. The number of hydrogen-bond donors (Lipinski definition) is 1. The molecular weight excluding hydrogens is 140 g/mol. The van der Waals surface area contributed by atoms with E-state index in [2.05, 4.69) is 10.3 Å². The van der Waals surface area contributed by atoms with E-state index in [9.17, 15) is 4.79 Å². The number of nitrogens with zero attached hydrogens (tertiary/aromatic N) is 1. The fourth-order valence-corrected chi connectivity index (χ4v) is 0.694. The van der Waals surface area contributed by atoms with E-state index in [4.69, 9.17) is 0 Å². The standard InChI is InChI=1S/C8H10N2O/c1-7(11)5-10-8-3-2-4-9-6-8/h2-4,6,10H,5H2,1H3. The van der Waals surface area contributed by atoms with E-state index in [0.29, 0.717) is 6.54 Å². The summed E-state index contributed by atoms with van der Waals surface area (Å²) in [5.74, 6) is 0.119. The van der Waals surface area contributed by atoms with Gasteiger partial charge in [0.15, 0.2) is 0 Å². The zero-order valence-corrected chi connectivity index (χ0v) is 6.37. The van der Waals surface area contributed by atoms with E-state index in [1.54, 1.807) is 19.3 Å². The second-order valence-corrected chi connectivity index (χ2v) is 2.30. The van der Waals surface area contributed by atoms with E-state index in [0.717, 1.165) is 5.69 Å². The van der Waals surface area contributed by atoms with Crippen LogP contribution in [0.5, 0.6) is 0 Å². The average molecular weight is 150 g/mol. The summed E-state index contributed by atoms with van der Waals surface area (Å²) < 4.78 is 0. The second kappa shape index (κ2) is 3.71. The highest BCUT2D eigenvalue weighted by Gasteiger charge is 1.91. The van der Waals surface area contributed by atoms with Crippen molar-refractivity contribution in [2.45, 2.75) is 6.92 Å². The van der Waals surface area contributed by atoms with Gasteiger partial charge in [-0.3, -0.25) is 9.78 Å². The number of rotatable bonds is 3. The first kappa shape index (κ1) is 7.72. The number of nitrogens with one attached hydrogen (secondary N) is 1. The highest BCUT2D eigenvalue weighted by Crippen LogP contribution is 2.00. The number of aromatic nitrogens is 1. The van der Waals surface area contributed by atoms with Crippen LogP contribution in [0.2, 0.25) is 0 Å². The molecule has 3 heteroatoms. The van der Waals surface area contributed by atoms with Crippen LogP contribution in [0, 0.1) is 0 Å². The Hall–Kier alpha value is -1.38. The number of ketones is 1. The molecule has 0 amide bonds. The van der Waals surface area contributed by atoms with Crippen molar-refractivity contribution in [2.75, 3.05) is 11.9 Å². The molecule has 0 radical (unpaired) electrons. The molecule has 0 aromatic carbocycles. The molecule has 0 saturated carbocycles. The van der Waals surface area contributed by atoms with Crippen LogP contribution in [-0.4, -0.2) is 17.3 Å². The van der Waals surface area contributed by atoms with Crippen LogP contribution in [0.1, 0.15) is 6.92 Å². The average Bonchev–Trinajstić information content (AvgIpc) is 2.03. The zero-order chi connectivity index (χ0) is 8.10. The lowest BCUT2D eigenvalue weighted by Gasteiger charge is -2.00. The van der Waals surface area contributed by atoms with Crippen molar-refractivity contribution in [1.82, 2.24) is 4.98 Å². The minimum atomic E-state index is 0.119. The van der Waals surface area contributed by atoms with Gasteiger partial charge in [0.25, 0.3) is 0 Å². The number of carbonyl (C=O) groups excluding carboxylic acids is 1. The predicted octanol–water partition coefficient (Wildman–Crippen LogP) is 1.08. The lowest BCUT2D eigenvalue weighted by Crippen LogP contribution is -2.09. The fraction of sp³-hybridized carbons (Fsp3) is 0.250. The fourth-order valence-electron chi connectivity index (χ4n) is 0.694. The summed E-state index contributed by atoms with van der Waals surface area (Å²) in [6, 6.07) is 3.69. The van der Waals surface area contributed by atoms with Crippen LogP contribution < -0.4 is 5.32 Å². The third-order valence-electron chi connectivity index (χ3n) is 1.20. The van der Waals surface area contributed by atoms with Crippen molar-refractivity contribution in [3.8, 4) is 0 Å². The van der Waals surface area contributed by atoms with Crippen molar-refractivity contribution in [1.29, 1.82) is 0 Å². The van der Waals surface area contributed by atoms with Gasteiger partial charge >= 0.3 is 0 Å². The quantitative estimate of drug-likeness (QED) is 0.701. The van der Waals surface area contributed by atoms with Crippen molar-refractivity contribution in [2.24, 2.45) is 0 Å². The molecule has 0 aliphatic carbocycles. The van der Waals surface area contributed by atoms with Gasteiger partial charge in [-0.25, -0.2) is 0 Å². The van der Waals surface area contributed by atoms with E-state index < -0.39 is 0 Å². The summed E-state index contributed by atoms with van der Waals surface area (Å²) in [5.41, 5.74) is 0.878. The molecule has 0 aliphatic heterocycles. The number of anilines is 1. The van der Waals surface area contributed by atoms with Gasteiger partial charge in [0.2, 0.25) is 0 Å². The Morgan fingerprint density at radius 3 is 3.09 bits per heavy atom. The van der Waals surface area contributed by atoms with E-state index in [1.807, 2.05) is 12.1 Å². The second-order valence-electron chi connectivity index (χ2n) is 2.30. The third-order valence-corrected chi connectivity index (χ3v) is 1.20. The molecule has 0 unspecified atom stereocenters. The summed E-state index contributed by atoms with van der Waals surface area (Å²) in [7, 11) is 0. The minimum absolute atomic E-state index is 0.119. The Labute approximate surface area is 65.5 Å². The molecule has 11 heavy (non-hydrogen) atoms. The largest absolute Gasteiger partial charge is 0.377 e. The Kier molecular flexibility index (Phi) is 2.60. The van der Waals surface area contributed by atoms with Crippen LogP contribution in [0.15, 0.2) is 24.5 Å². The normalized spacial score (nSPS) is 9.18. The van der Waals surface area contributed by atoms with E-state index in [1.165, 1.54) is 0 Å². The lowest BCUT2D eigenvalue weighted by atomic mass is 10.4. The maximum Gasteiger partial charge on any atom is 0.148 e. The molecule has 58 valence electrons. The summed E-state index contributed by atoms with van der Waals surface area (Å²) in [6.07, 6.45) is 3.38. The maximum absolute atomic E-state index is 10.5. The minimum Gasteiger partial charge on any atom is -0.377 e. The molecule has 0 bridgehead atoms. The Balaban J connectivity index is 2.45. The lowest BCUT2D eigenvalue weighted by molar-refractivity contribution is -0.115. The van der Waals surface area contributed by atoms with E-state index >= 15 is 0 Å². The van der Waals surface area contributed by atoms with Gasteiger partial charge in [-0.1, -0.05) is 0 Å². The molecule has 0 fully saturated rings. The molecule has 3 nitrogen and oxygen atoms in total. The molecule has 0 saturated heterocycles. The summed E-state index contributed by atoms with van der Waals surface area (Å²) in [6.45, 7) is 1.91. The van der Waals surface area contributed by atoms with Gasteiger partial charge in [-0.05, 0) is 19.1 Å². The number of hydrogen-bond acceptors (Lipinski definition) is 3. The molecule has 1 heterocycles. The molecule has 0 atom stereocenters. The maximum atomic E-state index is 10.5. The van der Waals surface area contributed by atoms with Gasteiger partial charge in [0.05, 0.1) is 12.2 Å². The molecule has 1 aromatic rings. The Morgan fingerprint density at radius 1 is 1.73 bits per heavy atom. The van der Waals surface area contributed by atoms with Crippen molar-refractivity contribution in [3.63, 3.8) is 0 Å². The number of Topliss-reactive ketones (excluding diaryl/α,β-unsaturated/α-hetero) is 1. The van der Waals surface area contributed by atoms with Crippen molar-refractivity contribution >= 4 is 11.5 Å². The molecule has 1 aromatic heterocycles. The molecule has 0 spiro atoms. The summed E-state index contributed by atoms with van der Waals surface area (Å²) in [5, 5.41) is 2.93. The van der Waals surface area contributed by atoms with E-state index in [-0.39, 0.29) is 5.78 Å². The highest BCUT2D eigenvalue weighted by atomic mass is 16.1. The van der Waals surface area contributed by atoms with Gasteiger partial charge < -0.3 is 5.32 Å². The number of carbonyl (C=O) groups is 1. The first-order valence-corrected chi connectivity index (χ1v) is 3.42. The first-order valence-electron chi connectivity index (χ1n) is 3.42. The van der Waals surface area contributed by atoms with Crippen LogP contribution >= 0.6 is 0 Å². The third kappa shape index (κ3) is 2.80. The van der Waals surface area contributed by atoms with Gasteiger partial charge in [-0.15, -0.1) is 0 Å². The van der Waals surface area contributed by atoms with Crippen LogP contribution in [0.4, 0.5) is 5.69 Å². The predicted molar refractivity (Wildman–Crippen MR) is 43.4 cm³/mol. The molecular formula is C8H10N2O. The monoisotopic (exact) mass is 150 g/mol. The Bertz CT molecular complexity index is 233. The highest BCUT2D eigenvalue weighted by molar-refractivity contribution is 5.80. The Morgan fingerprint density at radius 2 is 2.55 bits per heavy atom.